The number of hydrogen-bond acceptors (Lipinski definition) is 3. The summed E-state index contributed by atoms with van der Waals surface area (Å²) in [5.74, 6) is 0.796. The van der Waals surface area contributed by atoms with Crippen molar-refractivity contribution in [1.29, 1.82) is 0 Å². The second-order valence-electron chi connectivity index (χ2n) is 5.35. The maximum atomic E-state index is 12.3. The lowest BCUT2D eigenvalue weighted by Gasteiger charge is -2.23. The van der Waals surface area contributed by atoms with E-state index in [2.05, 4.69) is 0 Å². The predicted octanol–water partition coefficient (Wildman–Crippen LogP) is 2.49. The molecule has 1 amide bonds. The van der Waals surface area contributed by atoms with E-state index in [0.717, 1.165) is 43.7 Å². The molecule has 2 rings (SSSR count). The minimum atomic E-state index is -0.460. The van der Waals surface area contributed by atoms with E-state index in [0.29, 0.717) is 0 Å². The van der Waals surface area contributed by atoms with Crippen molar-refractivity contribution >= 4 is 5.91 Å². The molecule has 20 heavy (non-hydrogen) atoms. The summed E-state index contributed by atoms with van der Waals surface area (Å²) < 4.78 is 5.87. The second kappa shape index (κ2) is 6.75. The molecule has 1 heterocycles. The molecule has 1 aromatic rings. The standard InChI is InChI=1S/C16H24N2O2/c1-3-14(17)13-8-4-5-9-15(13)20-12(2)16(19)18-10-6-7-11-18/h4-5,8-9,12,14H,3,6-7,10-11,17H2,1-2H3. The number of rotatable bonds is 5. The molecular weight excluding hydrogens is 252 g/mol. The highest BCUT2D eigenvalue weighted by Crippen LogP contribution is 2.26. The number of carbonyl (C=O) groups excluding carboxylic acids is 1. The lowest BCUT2D eigenvalue weighted by atomic mass is 10.0. The summed E-state index contributed by atoms with van der Waals surface area (Å²) in [6, 6.07) is 7.66. The maximum Gasteiger partial charge on any atom is 0.263 e. The first-order valence-corrected chi connectivity index (χ1v) is 7.43. The Morgan fingerprint density at radius 2 is 2.00 bits per heavy atom. The van der Waals surface area contributed by atoms with Gasteiger partial charge in [0, 0.05) is 24.7 Å². The molecule has 2 unspecified atom stereocenters. The summed E-state index contributed by atoms with van der Waals surface area (Å²) in [6.07, 6.45) is 2.57. The molecule has 2 N–H and O–H groups in total. The predicted molar refractivity (Wildman–Crippen MR) is 79.6 cm³/mol. The van der Waals surface area contributed by atoms with Gasteiger partial charge in [0.25, 0.3) is 5.91 Å². The Morgan fingerprint density at radius 3 is 2.65 bits per heavy atom. The van der Waals surface area contributed by atoms with Gasteiger partial charge in [-0.05, 0) is 32.3 Å². The molecule has 2 atom stereocenters. The molecule has 0 saturated carbocycles. The third-order valence-corrected chi connectivity index (χ3v) is 3.83. The van der Waals surface area contributed by atoms with E-state index < -0.39 is 6.10 Å². The van der Waals surface area contributed by atoms with Crippen molar-refractivity contribution in [3.63, 3.8) is 0 Å². The third kappa shape index (κ3) is 3.31. The highest BCUT2D eigenvalue weighted by molar-refractivity contribution is 5.81. The van der Waals surface area contributed by atoms with Gasteiger partial charge in [0.15, 0.2) is 6.10 Å². The SMILES string of the molecule is CCC(N)c1ccccc1OC(C)C(=O)N1CCCC1. The van der Waals surface area contributed by atoms with E-state index in [4.69, 9.17) is 10.5 Å². The lowest BCUT2D eigenvalue weighted by molar-refractivity contribution is -0.136. The normalized spacial score (nSPS) is 17.9. The molecule has 0 spiro atoms. The number of likely N-dealkylation sites (tertiary alicyclic amines) is 1. The summed E-state index contributed by atoms with van der Waals surface area (Å²) in [5.41, 5.74) is 7.06. The molecule has 0 aliphatic carbocycles. The van der Waals surface area contributed by atoms with Gasteiger partial charge in [-0.1, -0.05) is 25.1 Å². The van der Waals surface area contributed by atoms with Gasteiger partial charge >= 0.3 is 0 Å². The quantitative estimate of drug-likeness (QED) is 0.899. The summed E-state index contributed by atoms with van der Waals surface area (Å²) >= 11 is 0. The van der Waals surface area contributed by atoms with Gasteiger partial charge in [-0.2, -0.15) is 0 Å². The average molecular weight is 276 g/mol. The van der Waals surface area contributed by atoms with Gasteiger partial charge in [-0.25, -0.2) is 0 Å². The van der Waals surface area contributed by atoms with Crippen molar-refractivity contribution < 1.29 is 9.53 Å². The van der Waals surface area contributed by atoms with Crippen LogP contribution >= 0.6 is 0 Å². The van der Waals surface area contributed by atoms with Gasteiger partial charge in [0.1, 0.15) is 5.75 Å². The summed E-state index contributed by atoms with van der Waals surface area (Å²) in [6.45, 7) is 5.56. The van der Waals surface area contributed by atoms with Crippen molar-refractivity contribution in [3.05, 3.63) is 29.8 Å². The van der Waals surface area contributed by atoms with Gasteiger partial charge in [-0.15, -0.1) is 0 Å². The molecule has 4 nitrogen and oxygen atoms in total. The van der Waals surface area contributed by atoms with E-state index in [9.17, 15) is 4.79 Å². The van der Waals surface area contributed by atoms with Crippen LogP contribution in [-0.4, -0.2) is 30.0 Å². The number of para-hydroxylation sites is 1. The molecule has 0 aromatic heterocycles. The van der Waals surface area contributed by atoms with E-state index in [-0.39, 0.29) is 11.9 Å². The Bertz CT molecular complexity index is 456. The molecule has 0 bridgehead atoms. The van der Waals surface area contributed by atoms with Crippen LogP contribution in [-0.2, 0) is 4.79 Å². The zero-order valence-corrected chi connectivity index (χ0v) is 12.3. The Hall–Kier alpha value is -1.55. The first kappa shape index (κ1) is 14.9. The van der Waals surface area contributed by atoms with Gasteiger partial charge in [0.2, 0.25) is 0 Å². The van der Waals surface area contributed by atoms with Crippen LogP contribution in [0.5, 0.6) is 5.75 Å². The van der Waals surface area contributed by atoms with Crippen molar-refractivity contribution in [2.45, 2.75) is 45.3 Å². The van der Waals surface area contributed by atoms with Crippen LogP contribution in [0.1, 0.15) is 44.7 Å². The number of benzene rings is 1. The average Bonchev–Trinajstić information content (AvgIpc) is 3.00. The van der Waals surface area contributed by atoms with Crippen molar-refractivity contribution in [3.8, 4) is 5.75 Å². The number of nitrogens with zero attached hydrogens (tertiary/aromatic N) is 1. The number of carbonyl (C=O) groups is 1. The largest absolute Gasteiger partial charge is 0.481 e. The molecule has 1 saturated heterocycles. The fourth-order valence-electron chi connectivity index (χ4n) is 2.55. The van der Waals surface area contributed by atoms with Crippen LogP contribution in [0.15, 0.2) is 24.3 Å². The Kier molecular flexibility index (Phi) is 5.01. The molecule has 110 valence electrons. The molecule has 0 radical (unpaired) electrons. The Balaban J connectivity index is 2.07. The molecular formula is C16H24N2O2. The summed E-state index contributed by atoms with van der Waals surface area (Å²) in [4.78, 5) is 14.2. The smallest absolute Gasteiger partial charge is 0.263 e. The fourth-order valence-corrected chi connectivity index (χ4v) is 2.55. The lowest BCUT2D eigenvalue weighted by Crippen LogP contribution is -2.38. The number of hydrogen-bond donors (Lipinski definition) is 1. The van der Waals surface area contributed by atoms with Crippen LogP contribution in [0.25, 0.3) is 0 Å². The van der Waals surface area contributed by atoms with Crippen molar-refractivity contribution in [2.75, 3.05) is 13.1 Å². The van der Waals surface area contributed by atoms with Gasteiger partial charge < -0.3 is 15.4 Å². The topological polar surface area (TPSA) is 55.6 Å². The highest BCUT2D eigenvalue weighted by Gasteiger charge is 2.25. The van der Waals surface area contributed by atoms with Crippen LogP contribution in [0.4, 0.5) is 0 Å². The number of nitrogens with two attached hydrogens (primary N) is 1. The third-order valence-electron chi connectivity index (χ3n) is 3.83. The van der Waals surface area contributed by atoms with E-state index >= 15 is 0 Å². The minimum absolute atomic E-state index is 0.0553. The number of amides is 1. The number of ether oxygens (including phenoxy) is 1. The summed E-state index contributed by atoms with van der Waals surface area (Å²) in [5, 5.41) is 0. The first-order valence-electron chi connectivity index (χ1n) is 7.43. The zero-order chi connectivity index (χ0) is 14.5. The van der Waals surface area contributed by atoms with Gasteiger partial charge in [-0.3, -0.25) is 4.79 Å². The van der Waals surface area contributed by atoms with Crippen LogP contribution < -0.4 is 10.5 Å². The molecule has 4 heteroatoms. The van der Waals surface area contributed by atoms with E-state index in [1.54, 1.807) is 0 Å². The fraction of sp³-hybridized carbons (Fsp3) is 0.562. The van der Waals surface area contributed by atoms with Crippen LogP contribution in [0, 0.1) is 0 Å². The molecule has 1 fully saturated rings. The maximum absolute atomic E-state index is 12.3. The highest BCUT2D eigenvalue weighted by atomic mass is 16.5. The van der Waals surface area contributed by atoms with Crippen molar-refractivity contribution in [1.82, 2.24) is 4.90 Å². The molecule has 1 aromatic carbocycles. The van der Waals surface area contributed by atoms with Crippen LogP contribution in [0.2, 0.25) is 0 Å². The Labute approximate surface area is 120 Å². The monoisotopic (exact) mass is 276 g/mol. The zero-order valence-electron chi connectivity index (χ0n) is 12.3. The first-order chi connectivity index (χ1) is 9.63. The Morgan fingerprint density at radius 1 is 1.35 bits per heavy atom. The van der Waals surface area contributed by atoms with Crippen molar-refractivity contribution in [2.24, 2.45) is 5.73 Å². The van der Waals surface area contributed by atoms with Crippen LogP contribution in [0.3, 0.4) is 0 Å². The minimum Gasteiger partial charge on any atom is -0.481 e. The van der Waals surface area contributed by atoms with E-state index in [1.807, 2.05) is 43.0 Å². The molecule has 1 aliphatic rings. The van der Waals surface area contributed by atoms with E-state index in [1.165, 1.54) is 0 Å². The molecule has 1 aliphatic heterocycles. The summed E-state index contributed by atoms with van der Waals surface area (Å²) in [7, 11) is 0. The van der Waals surface area contributed by atoms with Gasteiger partial charge in [0.05, 0.1) is 0 Å². The second-order valence-corrected chi connectivity index (χ2v) is 5.35.